The van der Waals surface area contributed by atoms with Gasteiger partial charge in [0.2, 0.25) is 0 Å². The number of ether oxygens (including phenoxy) is 1. The highest BCUT2D eigenvalue weighted by Gasteiger charge is 2.23. The van der Waals surface area contributed by atoms with Crippen LogP contribution in [0.15, 0.2) is 58.2 Å². The maximum absolute atomic E-state index is 5.34. The topological polar surface area (TPSA) is 49.4 Å². The van der Waals surface area contributed by atoms with Crippen LogP contribution in [0.4, 0.5) is 0 Å². The van der Waals surface area contributed by atoms with E-state index in [-0.39, 0.29) is 6.04 Å². The van der Waals surface area contributed by atoms with E-state index in [0.717, 1.165) is 33.4 Å². The van der Waals surface area contributed by atoms with Gasteiger partial charge in [0.25, 0.3) is 0 Å². The minimum absolute atomic E-state index is 0.175. The number of hydrogen-bond donors (Lipinski definition) is 2. The quantitative estimate of drug-likeness (QED) is 0.719. The lowest BCUT2D eigenvalue weighted by atomic mass is 9.99. The fourth-order valence-corrected chi connectivity index (χ4v) is 3.25. The highest BCUT2D eigenvalue weighted by Crippen LogP contribution is 2.32. The molecule has 0 saturated carbocycles. The molecule has 0 saturated heterocycles. The van der Waals surface area contributed by atoms with Crippen molar-refractivity contribution in [1.29, 1.82) is 0 Å². The average molecular weight is 370 g/mol. The molecular formula is C18H16BrN3O. The van der Waals surface area contributed by atoms with Crippen LogP contribution in [0.5, 0.6) is 5.75 Å². The van der Waals surface area contributed by atoms with E-state index in [4.69, 9.17) is 4.74 Å². The molecule has 2 heterocycles. The monoisotopic (exact) mass is 369 g/mol. The first kappa shape index (κ1) is 14.3. The van der Waals surface area contributed by atoms with Gasteiger partial charge in [-0.25, -0.2) is 0 Å². The molecule has 1 aromatic heterocycles. The van der Waals surface area contributed by atoms with E-state index in [2.05, 4.69) is 55.8 Å². The summed E-state index contributed by atoms with van der Waals surface area (Å²) in [5.74, 6) is 0.866. The van der Waals surface area contributed by atoms with Crippen LogP contribution in [-0.4, -0.2) is 17.8 Å². The van der Waals surface area contributed by atoms with Crippen molar-refractivity contribution in [3.8, 4) is 5.75 Å². The highest BCUT2D eigenvalue weighted by molar-refractivity contribution is 9.10. The summed E-state index contributed by atoms with van der Waals surface area (Å²) < 4.78 is 6.42. The molecule has 1 aliphatic heterocycles. The molecule has 0 radical (unpaired) electrons. The second-order valence-corrected chi connectivity index (χ2v) is 6.52. The van der Waals surface area contributed by atoms with Gasteiger partial charge in [0.1, 0.15) is 5.75 Å². The van der Waals surface area contributed by atoms with Crippen molar-refractivity contribution in [2.24, 2.45) is 5.10 Å². The molecule has 0 spiro atoms. The van der Waals surface area contributed by atoms with Gasteiger partial charge < -0.3 is 15.1 Å². The van der Waals surface area contributed by atoms with Gasteiger partial charge in [0, 0.05) is 33.6 Å². The molecule has 5 heteroatoms. The molecule has 2 aromatic carbocycles. The molecule has 4 nitrogen and oxygen atoms in total. The summed E-state index contributed by atoms with van der Waals surface area (Å²) in [4.78, 5) is 3.33. The zero-order valence-corrected chi connectivity index (χ0v) is 14.2. The van der Waals surface area contributed by atoms with Gasteiger partial charge in [-0.1, -0.05) is 28.1 Å². The zero-order chi connectivity index (χ0) is 15.8. The van der Waals surface area contributed by atoms with Crippen LogP contribution in [0.25, 0.3) is 10.9 Å². The maximum atomic E-state index is 5.34. The van der Waals surface area contributed by atoms with Crippen molar-refractivity contribution in [1.82, 2.24) is 10.4 Å². The standard InChI is InChI=1S/C18H16BrN3O/c1-23-13-6-7-16-14(8-13)15(10-20-16)18-9-17(21-22-18)11-2-4-12(19)5-3-11/h2-8,10,18,20,22H,9H2,1H3/t18-/m1/s1. The van der Waals surface area contributed by atoms with E-state index in [1.165, 1.54) is 10.9 Å². The van der Waals surface area contributed by atoms with E-state index in [9.17, 15) is 0 Å². The van der Waals surface area contributed by atoms with Gasteiger partial charge >= 0.3 is 0 Å². The summed E-state index contributed by atoms with van der Waals surface area (Å²) in [5, 5.41) is 5.70. The largest absolute Gasteiger partial charge is 0.497 e. The molecule has 116 valence electrons. The summed E-state index contributed by atoms with van der Waals surface area (Å²) in [6, 6.07) is 14.5. The van der Waals surface area contributed by atoms with Crippen molar-refractivity contribution in [3.63, 3.8) is 0 Å². The van der Waals surface area contributed by atoms with E-state index in [0.29, 0.717) is 0 Å². The molecule has 1 atom stereocenters. The lowest BCUT2D eigenvalue weighted by molar-refractivity contribution is 0.415. The van der Waals surface area contributed by atoms with Crippen LogP contribution < -0.4 is 10.2 Å². The second kappa shape index (κ2) is 5.74. The van der Waals surface area contributed by atoms with E-state index in [1.807, 2.05) is 24.3 Å². The predicted octanol–water partition coefficient (Wildman–Crippen LogP) is 4.38. The molecule has 23 heavy (non-hydrogen) atoms. The summed E-state index contributed by atoms with van der Waals surface area (Å²) in [7, 11) is 1.69. The zero-order valence-electron chi connectivity index (χ0n) is 12.6. The van der Waals surface area contributed by atoms with Crippen LogP contribution >= 0.6 is 15.9 Å². The van der Waals surface area contributed by atoms with Crippen LogP contribution in [-0.2, 0) is 0 Å². The number of aromatic nitrogens is 1. The van der Waals surface area contributed by atoms with Crippen molar-refractivity contribution < 1.29 is 4.74 Å². The Hall–Kier alpha value is -2.27. The third kappa shape index (κ3) is 2.61. The first-order valence-electron chi connectivity index (χ1n) is 7.47. The molecule has 0 bridgehead atoms. The summed E-state index contributed by atoms with van der Waals surface area (Å²) in [6.45, 7) is 0. The van der Waals surface area contributed by atoms with Crippen molar-refractivity contribution in [3.05, 3.63) is 64.3 Å². The molecule has 0 amide bonds. The summed E-state index contributed by atoms with van der Waals surface area (Å²) in [6.07, 6.45) is 2.92. The number of nitrogens with one attached hydrogen (secondary N) is 2. The third-order valence-electron chi connectivity index (χ3n) is 4.23. The Balaban J connectivity index is 1.62. The van der Waals surface area contributed by atoms with Crippen LogP contribution in [0, 0.1) is 0 Å². The molecule has 2 N–H and O–H groups in total. The highest BCUT2D eigenvalue weighted by atomic mass is 79.9. The number of methoxy groups -OCH3 is 1. The average Bonchev–Trinajstić information content (AvgIpc) is 3.21. The maximum Gasteiger partial charge on any atom is 0.119 e. The molecule has 0 aliphatic carbocycles. The molecule has 0 fully saturated rings. The van der Waals surface area contributed by atoms with Gasteiger partial charge in [-0.2, -0.15) is 5.10 Å². The van der Waals surface area contributed by atoms with E-state index >= 15 is 0 Å². The second-order valence-electron chi connectivity index (χ2n) is 5.61. The number of nitrogens with zero attached hydrogens (tertiary/aromatic N) is 1. The lowest BCUT2D eigenvalue weighted by Gasteiger charge is -2.09. The Morgan fingerprint density at radius 3 is 2.78 bits per heavy atom. The van der Waals surface area contributed by atoms with E-state index < -0.39 is 0 Å². The summed E-state index contributed by atoms with van der Waals surface area (Å²) in [5.41, 5.74) is 7.83. The Morgan fingerprint density at radius 1 is 1.17 bits per heavy atom. The minimum Gasteiger partial charge on any atom is -0.497 e. The number of hydrazone groups is 1. The lowest BCUT2D eigenvalue weighted by Crippen LogP contribution is -2.09. The number of H-pyrrole nitrogens is 1. The van der Waals surface area contributed by atoms with E-state index in [1.54, 1.807) is 7.11 Å². The van der Waals surface area contributed by atoms with Crippen LogP contribution in [0.2, 0.25) is 0 Å². The van der Waals surface area contributed by atoms with Crippen LogP contribution in [0.3, 0.4) is 0 Å². The third-order valence-corrected chi connectivity index (χ3v) is 4.76. The number of rotatable bonds is 3. The number of aromatic amines is 1. The molecule has 3 aromatic rings. The molecule has 4 rings (SSSR count). The van der Waals surface area contributed by atoms with Gasteiger partial charge in [0.15, 0.2) is 0 Å². The van der Waals surface area contributed by atoms with Crippen molar-refractivity contribution in [2.75, 3.05) is 7.11 Å². The van der Waals surface area contributed by atoms with Crippen LogP contribution in [0.1, 0.15) is 23.6 Å². The fourth-order valence-electron chi connectivity index (χ4n) is 2.98. The predicted molar refractivity (Wildman–Crippen MR) is 96.0 cm³/mol. The summed E-state index contributed by atoms with van der Waals surface area (Å²) >= 11 is 3.47. The Kier molecular flexibility index (Phi) is 3.58. The number of fused-ring (bicyclic) bond motifs is 1. The van der Waals surface area contributed by atoms with Gasteiger partial charge in [-0.15, -0.1) is 0 Å². The smallest absolute Gasteiger partial charge is 0.119 e. The normalized spacial score (nSPS) is 17.1. The molecular weight excluding hydrogens is 354 g/mol. The van der Waals surface area contributed by atoms with Crippen molar-refractivity contribution >= 4 is 32.5 Å². The molecule has 0 unspecified atom stereocenters. The Morgan fingerprint density at radius 2 is 2.00 bits per heavy atom. The minimum atomic E-state index is 0.175. The van der Waals surface area contributed by atoms with Gasteiger partial charge in [-0.3, -0.25) is 0 Å². The number of hydrogen-bond acceptors (Lipinski definition) is 3. The first-order chi connectivity index (χ1) is 11.2. The number of benzene rings is 2. The SMILES string of the molecule is COc1ccc2[nH]cc([C@H]3CC(c4ccc(Br)cc4)=NN3)c2c1. The molecule has 1 aliphatic rings. The van der Waals surface area contributed by atoms with Gasteiger partial charge in [-0.05, 0) is 35.9 Å². The van der Waals surface area contributed by atoms with Crippen molar-refractivity contribution in [2.45, 2.75) is 12.5 Å². The first-order valence-corrected chi connectivity index (χ1v) is 8.27. The van der Waals surface area contributed by atoms with Gasteiger partial charge in [0.05, 0.1) is 18.9 Å². The fraction of sp³-hybridized carbons (Fsp3) is 0.167. The Bertz CT molecular complexity index is 883. The Labute approximate surface area is 142 Å². The number of halogens is 1.